The summed E-state index contributed by atoms with van der Waals surface area (Å²) >= 11 is 1.34. The molecule has 4 atom stereocenters. The summed E-state index contributed by atoms with van der Waals surface area (Å²) in [6.45, 7) is -0.248. The molecule has 0 radical (unpaired) electrons. The van der Waals surface area contributed by atoms with E-state index in [-0.39, 0.29) is 42.0 Å². The normalized spacial score (nSPS) is 33.1. The molecule has 0 N–H and O–H groups in total. The summed E-state index contributed by atoms with van der Waals surface area (Å²) in [6.07, 6.45) is 6.78. The van der Waals surface area contributed by atoms with Crippen LogP contribution in [0.3, 0.4) is 0 Å². The molecule has 2 heterocycles. The number of rotatable bonds is 2. The molecule has 1 aromatic rings. The van der Waals surface area contributed by atoms with Gasteiger partial charge in [-0.3, -0.25) is 19.3 Å². The molecule has 114 valence electrons. The Morgan fingerprint density at radius 1 is 1.27 bits per heavy atom. The van der Waals surface area contributed by atoms with Crippen LogP contribution in [0.5, 0.6) is 0 Å². The number of allylic oxidation sites excluding steroid dienone is 2. The Balaban J connectivity index is 1.55. The zero-order valence-corrected chi connectivity index (χ0v) is 12.8. The van der Waals surface area contributed by atoms with Crippen LogP contribution in [0, 0.1) is 23.7 Å². The molecule has 1 saturated heterocycles. The minimum atomic E-state index is -0.458. The fourth-order valence-corrected chi connectivity index (χ4v) is 4.58. The number of amides is 3. The number of nitrogens with zero attached hydrogens (tertiary/aromatic N) is 3. The van der Waals surface area contributed by atoms with E-state index in [1.54, 1.807) is 17.8 Å². The van der Waals surface area contributed by atoms with E-state index in [1.807, 2.05) is 17.5 Å². The maximum absolute atomic E-state index is 12.5. The predicted octanol–water partition coefficient (Wildman–Crippen LogP) is 0.321. The summed E-state index contributed by atoms with van der Waals surface area (Å²) in [6, 6.07) is 0. The monoisotopic (exact) mass is 317 g/mol. The van der Waals surface area contributed by atoms with Gasteiger partial charge in [-0.2, -0.15) is 4.99 Å². The molecule has 0 unspecified atom stereocenters. The molecule has 2 bridgehead atoms. The van der Waals surface area contributed by atoms with Gasteiger partial charge >= 0.3 is 0 Å². The topological polar surface area (TPSA) is 71.7 Å². The lowest BCUT2D eigenvalue weighted by molar-refractivity contribution is -0.143. The van der Waals surface area contributed by atoms with Crippen molar-refractivity contribution < 1.29 is 14.4 Å². The van der Waals surface area contributed by atoms with E-state index in [2.05, 4.69) is 4.99 Å². The molecule has 3 amide bonds. The van der Waals surface area contributed by atoms with Gasteiger partial charge in [-0.1, -0.05) is 12.2 Å². The first-order valence-electron chi connectivity index (χ1n) is 7.27. The van der Waals surface area contributed by atoms with Crippen LogP contribution in [-0.4, -0.2) is 33.7 Å². The van der Waals surface area contributed by atoms with Gasteiger partial charge in [0.2, 0.25) is 11.8 Å². The van der Waals surface area contributed by atoms with E-state index < -0.39 is 5.91 Å². The van der Waals surface area contributed by atoms with E-state index in [4.69, 9.17) is 0 Å². The van der Waals surface area contributed by atoms with E-state index in [0.29, 0.717) is 4.80 Å². The van der Waals surface area contributed by atoms with Crippen LogP contribution >= 0.6 is 11.3 Å². The molecule has 1 saturated carbocycles. The molecule has 2 fully saturated rings. The van der Waals surface area contributed by atoms with Crippen molar-refractivity contribution in [2.24, 2.45) is 35.7 Å². The number of thiazole rings is 1. The van der Waals surface area contributed by atoms with Crippen LogP contribution in [0.15, 0.2) is 28.7 Å². The summed E-state index contributed by atoms with van der Waals surface area (Å²) in [5.74, 6) is -1.05. The van der Waals surface area contributed by atoms with Crippen LogP contribution in [0.25, 0.3) is 0 Å². The lowest BCUT2D eigenvalue weighted by Crippen LogP contribution is -2.37. The van der Waals surface area contributed by atoms with Gasteiger partial charge in [0.05, 0.1) is 11.8 Å². The van der Waals surface area contributed by atoms with Gasteiger partial charge in [0, 0.05) is 18.6 Å². The standard InChI is InChI=1S/C15H15N3O3S/c1-17-4-5-22-15(17)16-10(19)7-18-13(20)11-8-2-3-9(6-8)12(11)14(18)21/h2-5,8-9,11-12H,6-7H2,1H3/t8-,9-,11-,12+/m0/s1. The second-order valence-electron chi connectivity index (χ2n) is 6.06. The maximum atomic E-state index is 12.5. The maximum Gasteiger partial charge on any atom is 0.268 e. The molecule has 22 heavy (non-hydrogen) atoms. The van der Waals surface area contributed by atoms with Crippen LogP contribution < -0.4 is 4.80 Å². The first-order valence-corrected chi connectivity index (χ1v) is 8.15. The van der Waals surface area contributed by atoms with Gasteiger partial charge in [0.25, 0.3) is 5.91 Å². The molecular weight excluding hydrogens is 302 g/mol. The Bertz CT molecular complexity index is 745. The van der Waals surface area contributed by atoms with Gasteiger partial charge in [-0.05, 0) is 18.3 Å². The number of likely N-dealkylation sites (tertiary alicyclic amines) is 1. The third-order valence-corrected chi connectivity index (χ3v) is 5.68. The molecule has 3 aliphatic rings. The Hall–Kier alpha value is -2.02. The van der Waals surface area contributed by atoms with Crippen molar-refractivity contribution in [1.29, 1.82) is 0 Å². The van der Waals surface area contributed by atoms with Crippen LogP contribution in [-0.2, 0) is 21.4 Å². The highest BCUT2D eigenvalue weighted by molar-refractivity contribution is 7.07. The summed E-state index contributed by atoms with van der Waals surface area (Å²) in [7, 11) is 1.79. The number of hydrogen-bond donors (Lipinski definition) is 0. The number of carbonyl (C=O) groups is 3. The summed E-state index contributed by atoms with van der Waals surface area (Å²) in [4.78, 5) is 42.7. The highest BCUT2D eigenvalue weighted by atomic mass is 32.1. The minimum Gasteiger partial charge on any atom is -0.327 e. The molecular formula is C15H15N3O3S. The number of aromatic nitrogens is 1. The van der Waals surface area contributed by atoms with Crippen LogP contribution in [0.4, 0.5) is 0 Å². The number of carbonyl (C=O) groups excluding carboxylic acids is 3. The lowest BCUT2D eigenvalue weighted by atomic mass is 9.85. The van der Waals surface area contributed by atoms with E-state index in [0.717, 1.165) is 11.3 Å². The Kier molecular flexibility index (Phi) is 2.94. The Labute approximate surface area is 130 Å². The van der Waals surface area contributed by atoms with Gasteiger partial charge in [0.15, 0.2) is 4.80 Å². The number of hydrogen-bond acceptors (Lipinski definition) is 4. The number of fused-ring (bicyclic) bond motifs is 5. The molecule has 1 aromatic heterocycles. The van der Waals surface area contributed by atoms with Crippen molar-refractivity contribution in [3.8, 4) is 0 Å². The van der Waals surface area contributed by atoms with Crippen molar-refractivity contribution in [1.82, 2.24) is 9.47 Å². The zero-order chi connectivity index (χ0) is 15.4. The quantitative estimate of drug-likeness (QED) is 0.582. The van der Waals surface area contributed by atoms with E-state index in [1.165, 1.54) is 11.3 Å². The van der Waals surface area contributed by atoms with Gasteiger partial charge in [0.1, 0.15) is 6.54 Å². The first-order chi connectivity index (χ1) is 10.6. The SMILES string of the molecule is Cn1ccsc1=NC(=O)CN1C(=O)[C@@H]2[C@H](C1=O)[C@H]1C=C[C@H]2C1. The molecule has 7 heteroatoms. The van der Waals surface area contributed by atoms with Crippen molar-refractivity contribution in [2.75, 3.05) is 6.54 Å². The average Bonchev–Trinajstić information content (AvgIpc) is 3.22. The highest BCUT2D eigenvalue weighted by Crippen LogP contribution is 2.52. The van der Waals surface area contributed by atoms with Crippen molar-refractivity contribution in [2.45, 2.75) is 6.42 Å². The smallest absolute Gasteiger partial charge is 0.268 e. The number of aryl methyl sites for hydroxylation is 1. The second-order valence-corrected chi connectivity index (χ2v) is 6.94. The Morgan fingerprint density at radius 2 is 1.91 bits per heavy atom. The highest BCUT2D eigenvalue weighted by Gasteiger charge is 2.59. The molecule has 1 aliphatic heterocycles. The van der Waals surface area contributed by atoms with E-state index in [9.17, 15) is 14.4 Å². The van der Waals surface area contributed by atoms with Crippen LogP contribution in [0.1, 0.15) is 6.42 Å². The van der Waals surface area contributed by atoms with Crippen molar-refractivity contribution in [3.05, 3.63) is 28.5 Å². The molecule has 4 rings (SSSR count). The van der Waals surface area contributed by atoms with Crippen molar-refractivity contribution >= 4 is 29.1 Å². The third kappa shape index (κ3) is 1.85. The molecule has 2 aliphatic carbocycles. The van der Waals surface area contributed by atoms with Crippen molar-refractivity contribution in [3.63, 3.8) is 0 Å². The zero-order valence-electron chi connectivity index (χ0n) is 12.0. The first kappa shape index (κ1) is 13.6. The summed E-state index contributed by atoms with van der Waals surface area (Å²) in [5.41, 5.74) is 0. The molecule has 6 nitrogen and oxygen atoms in total. The van der Waals surface area contributed by atoms with E-state index >= 15 is 0 Å². The fraction of sp³-hybridized carbons (Fsp3) is 0.467. The van der Waals surface area contributed by atoms with Gasteiger partial charge < -0.3 is 4.57 Å². The molecule has 0 aromatic carbocycles. The van der Waals surface area contributed by atoms with Gasteiger partial charge in [-0.25, -0.2) is 0 Å². The number of imide groups is 1. The second kappa shape index (κ2) is 4.74. The summed E-state index contributed by atoms with van der Waals surface area (Å²) in [5, 5.41) is 1.83. The predicted molar refractivity (Wildman–Crippen MR) is 78.3 cm³/mol. The average molecular weight is 317 g/mol. The van der Waals surface area contributed by atoms with Gasteiger partial charge in [-0.15, -0.1) is 11.3 Å². The van der Waals surface area contributed by atoms with Crippen LogP contribution in [0.2, 0.25) is 0 Å². The fourth-order valence-electron chi connectivity index (χ4n) is 3.83. The summed E-state index contributed by atoms with van der Waals surface area (Å²) < 4.78 is 1.73. The third-order valence-electron chi connectivity index (χ3n) is 4.83. The Morgan fingerprint density at radius 3 is 2.45 bits per heavy atom. The minimum absolute atomic E-state index is 0.165. The largest absolute Gasteiger partial charge is 0.327 e. The molecule has 0 spiro atoms. The lowest BCUT2D eigenvalue weighted by Gasteiger charge is -2.14.